The van der Waals surface area contributed by atoms with Crippen molar-refractivity contribution in [3.05, 3.63) is 252 Å². The maximum atomic E-state index is 11.0. The minimum atomic E-state index is -0.394. The summed E-state index contributed by atoms with van der Waals surface area (Å²) in [4.78, 5) is 0. The van der Waals surface area contributed by atoms with Gasteiger partial charge in [-0.05, 0) is 153 Å². The van der Waals surface area contributed by atoms with Crippen molar-refractivity contribution in [2.45, 2.75) is 70.3 Å². The molecule has 5 heterocycles. The van der Waals surface area contributed by atoms with Crippen LogP contribution in [0, 0.1) is 35.5 Å². The Labute approximate surface area is 471 Å². The molecular formula is C74H58N4O3. The molecule has 81 heavy (non-hydrogen) atoms. The minimum Gasteiger partial charge on any atom is -0.484 e. The monoisotopic (exact) mass is 1050 g/mol. The number of rotatable bonds is 10. The van der Waals surface area contributed by atoms with Crippen molar-refractivity contribution in [1.29, 1.82) is 10.5 Å². The van der Waals surface area contributed by atoms with Crippen LogP contribution in [0.15, 0.2) is 217 Å². The number of benzene rings is 6. The second-order valence-electron chi connectivity index (χ2n) is 22.6. The predicted molar refractivity (Wildman–Crippen MR) is 332 cm³/mol. The minimum absolute atomic E-state index is 0.117. The number of fused-ring (bicyclic) bond motifs is 16. The average Bonchev–Trinajstić information content (AvgIpc) is 4.35. The summed E-state index contributed by atoms with van der Waals surface area (Å²) < 4.78 is 24.8. The fourth-order valence-electron chi connectivity index (χ4n) is 13.9. The van der Waals surface area contributed by atoms with Gasteiger partial charge in [0.2, 0.25) is 0 Å². The van der Waals surface area contributed by atoms with Gasteiger partial charge in [0, 0.05) is 49.8 Å². The van der Waals surface area contributed by atoms with Crippen molar-refractivity contribution in [2.24, 2.45) is 5.92 Å². The first-order valence-corrected chi connectivity index (χ1v) is 27.9. The summed E-state index contributed by atoms with van der Waals surface area (Å²) in [6.45, 7) is 23.7. The van der Waals surface area contributed by atoms with Crippen molar-refractivity contribution in [3.63, 3.8) is 0 Å². The third kappa shape index (κ3) is 7.18. The molecule has 7 heteroatoms. The second kappa shape index (κ2) is 18.4. The van der Waals surface area contributed by atoms with E-state index in [2.05, 4.69) is 207 Å². The first kappa shape index (κ1) is 49.5. The lowest BCUT2D eigenvalue weighted by Crippen LogP contribution is -2.32. The first-order valence-electron chi connectivity index (χ1n) is 27.9. The number of aromatic nitrogens is 2. The Hall–Kier alpha value is -9.82. The van der Waals surface area contributed by atoms with Crippen molar-refractivity contribution >= 4 is 77.6 Å². The van der Waals surface area contributed by atoms with E-state index in [1.807, 2.05) is 31.2 Å². The van der Waals surface area contributed by atoms with E-state index >= 15 is 0 Å². The molecule has 0 saturated carbocycles. The highest BCUT2D eigenvalue weighted by Gasteiger charge is 2.45. The molecule has 0 saturated heterocycles. The van der Waals surface area contributed by atoms with Crippen LogP contribution >= 0.6 is 0 Å². The third-order valence-corrected chi connectivity index (χ3v) is 18.3. The SMILES string of the molecule is C=C/C=C\c1c(C)oc2c1ccc1c2c2cc(-c3ccc4c(c3)C(C)(C=C)C(/C=C\C)C4)ccc2n1C(=C)/C(=C\C(C#N)=C(/C)C#N)n1c2ccc(C3=CC=C4Oc5ccccc5C4C3)cc2c2c3c(ccc21)C1(C)C=CC=CC1O3. The van der Waals surface area contributed by atoms with Gasteiger partial charge in [0.05, 0.1) is 61.3 Å². The summed E-state index contributed by atoms with van der Waals surface area (Å²) in [7, 11) is 0. The molecular weight excluding hydrogens is 993 g/mol. The first-order chi connectivity index (χ1) is 39.4. The van der Waals surface area contributed by atoms with Gasteiger partial charge in [0.15, 0.2) is 0 Å². The van der Waals surface area contributed by atoms with Crippen molar-refractivity contribution < 1.29 is 13.9 Å². The largest absolute Gasteiger partial charge is 0.484 e. The molecule has 6 aromatic carbocycles. The van der Waals surface area contributed by atoms with Crippen molar-refractivity contribution in [3.8, 4) is 34.8 Å². The Morgan fingerprint density at radius 2 is 1.52 bits per heavy atom. The van der Waals surface area contributed by atoms with E-state index in [4.69, 9.17) is 20.5 Å². The van der Waals surface area contributed by atoms with E-state index < -0.39 is 5.41 Å². The Morgan fingerprint density at radius 1 is 0.778 bits per heavy atom. The summed E-state index contributed by atoms with van der Waals surface area (Å²) in [6, 6.07) is 41.9. The summed E-state index contributed by atoms with van der Waals surface area (Å²) in [5.74, 6) is 3.93. The van der Waals surface area contributed by atoms with Gasteiger partial charge < -0.3 is 23.0 Å². The number of hydrogen-bond acceptors (Lipinski definition) is 5. The molecule has 0 fully saturated rings. The molecule has 7 nitrogen and oxygen atoms in total. The molecule has 0 bridgehead atoms. The van der Waals surface area contributed by atoms with Gasteiger partial charge in [-0.3, -0.25) is 0 Å². The lowest BCUT2D eigenvalue weighted by atomic mass is 9.76. The smallest absolute Gasteiger partial charge is 0.144 e. The van der Waals surface area contributed by atoms with Gasteiger partial charge in [0.25, 0.3) is 0 Å². The molecule has 0 N–H and O–H groups in total. The maximum absolute atomic E-state index is 11.0. The zero-order chi connectivity index (χ0) is 55.6. The quantitative estimate of drug-likeness (QED) is 0.0773. The van der Waals surface area contributed by atoms with Crippen molar-refractivity contribution in [1.82, 2.24) is 9.13 Å². The Bertz CT molecular complexity index is 4700. The van der Waals surface area contributed by atoms with Crippen LogP contribution < -0.4 is 9.47 Å². The molecule has 0 amide bonds. The highest BCUT2D eigenvalue weighted by atomic mass is 16.5. The van der Waals surface area contributed by atoms with Crippen LogP contribution in [0.4, 0.5) is 0 Å². The van der Waals surface area contributed by atoms with Gasteiger partial charge in [0.1, 0.15) is 40.8 Å². The van der Waals surface area contributed by atoms with Gasteiger partial charge in [-0.2, -0.15) is 10.5 Å². The van der Waals surface area contributed by atoms with Gasteiger partial charge in [-0.1, -0.05) is 129 Å². The molecule has 0 spiro atoms. The topological polar surface area (TPSA) is 89.0 Å². The van der Waals surface area contributed by atoms with E-state index in [9.17, 15) is 10.5 Å². The second-order valence-corrected chi connectivity index (χ2v) is 22.6. The van der Waals surface area contributed by atoms with Crippen molar-refractivity contribution in [2.75, 3.05) is 0 Å². The summed E-state index contributed by atoms with van der Waals surface area (Å²) in [5, 5.41) is 26.3. The summed E-state index contributed by atoms with van der Waals surface area (Å²) in [6.07, 6.45) is 28.6. The fraction of sp³-hybridized carbons (Fsp3) is 0.162. The Kier molecular flexibility index (Phi) is 11.2. The van der Waals surface area contributed by atoms with Crippen LogP contribution in [0.2, 0.25) is 0 Å². The standard InChI is InChI=1S/C74H58N4O3/c1-9-12-18-53-45(6)79-71-55(53)27-31-63-69(71)57-38-47(49-22-23-50-35-52(17-10-2)73(7,11-3)60(50)39-49)24-29-61(57)77(63)44(5)65(40-51(42-76)43(4)41-75)78-62-30-25-46(48-26-33-67-56(36-48)54-19-13-14-20-66(54)80-67)37-58(62)70-64(78)32-28-59-72(70)81-68-21-15-16-34-74(59,68)8/h9-34,37-40,52,56,68H,1,3,5,35-36H2,2,4,6-8H3/b17-10-,18-12-,51-43-,65-40+. The molecule has 5 aliphatic rings. The molecule has 14 rings (SSSR count). The average molecular weight is 1050 g/mol. The number of furan rings is 1. The Morgan fingerprint density at radius 3 is 2.32 bits per heavy atom. The zero-order valence-electron chi connectivity index (χ0n) is 46.1. The van der Waals surface area contributed by atoms with Crippen LogP contribution in [0.5, 0.6) is 11.5 Å². The fourth-order valence-corrected chi connectivity index (χ4v) is 13.9. The molecule has 2 aliphatic heterocycles. The number of allylic oxidation sites excluding steroid dienone is 16. The predicted octanol–water partition coefficient (Wildman–Crippen LogP) is 18.4. The summed E-state index contributed by atoms with van der Waals surface area (Å²) in [5.41, 5.74) is 15.8. The number of aryl methyl sites for hydroxylation is 1. The highest BCUT2D eigenvalue weighted by Crippen LogP contribution is 2.54. The lowest BCUT2D eigenvalue weighted by Gasteiger charge is -2.27. The third-order valence-electron chi connectivity index (χ3n) is 18.3. The number of hydrogen-bond donors (Lipinski definition) is 0. The molecule has 9 aromatic rings. The normalized spacial score (nSPS) is 21.8. The summed E-state index contributed by atoms with van der Waals surface area (Å²) >= 11 is 0. The number of nitrogens with zero attached hydrogens (tertiary/aromatic N) is 4. The van der Waals surface area contributed by atoms with E-state index in [0.29, 0.717) is 22.9 Å². The molecule has 5 atom stereocenters. The van der Waals surface area contributed by atoms with Gasteiger partial charge >= 0.3 is 0 Å². The molecule has 3 aliphatic carbocycles. The van der Waals surface area contributed by atoms with Crippen LogP contribution in [-0.2, 0) is 17.3 Å². The lowest BCUT2D eigenvalue weighted by molar-refractivity contribution is 0.230. The molecule has 0 radical (unpaired) electrons. The maximum Gasteiger partial charge on any atom is 0.144 e. The van der Waals surface area contributed by atoms with Crippen LogP contribution in [-0.4, -0.2) is 15.2 Å². The highest BCUT2D eigenvalue weighted by molar-refractivity contribution is 6.24. The van der Waals surface area contributed by atoms with E-state index in [1.54, 1.807) is 13.0 Å². The number of para-hydroxylation sites is 1. The molecule has 3 aromatic heterocycles. The van der Waals surface area contributed by atoms with Crippen LogP contribution in [0.1, 0.15) is 79.2 Å². The molecule has 5 unspecified atom stereocenters. The molecule has 392 valence electrons. The van der Waals surface area contributed by atoms with Crippen LogP contribution in [0.3, 0.4) is 0 Å². The zero-order valence-corrected chi connectivity index (χ0v) is 46.1. The number of nitriles is 2. The Balaban J connectivity index is 1.02. The van der Waals surface area contributed by atoms with Crippen LogP contribution in [0.25, 0.3) is 88.8 Å². The van der Waals surface area contributed by atoms with Gasteiger partial charge in [-0.15, -0.1) is 6.58 Å². The van der Waals surface area contributed by atoms with Gasteiger partial charge in [-0.25, -0.2) is 0 Å². The number of ether oxygens (including phenoxy) is 2. The van der Waals surface area contributed by atoms with E-state index in [-0.39, 0.29) is 23.0 Å². The van der Waals surface area contributed by atoms with E-state index in [1.165, 1.54) is 22.3 Å². The van der Waals surface area contributed by atoms with E-state index in [0.717, 1.165) is 118 Å².